The van der Waals surface area contributed by atoms with E-state index >= 15 is 0 Å². The van der Waals surface area contributed by atoms with Crippen molar-refractivity contribution in [2.75, 3.05) is 6.54 Å². The zero-order valence-electron chi connectivity index (χ0n) is 8.61. The van der Waals surface area contributed by atoms with Crippen molar-refractivity contribution < 1.29 is 4.79 Å². The molecule has 0 saturated carbocycles. The quantitative estimate of drug-likeness (QED) is 0.827. The van der Waals surface area contributed by atoms with Crippen molar-refractivity contribution in [2.45, 2.75) is 13.5 Å². The van der Waals surface area contributed by atoms with Gasteiger partial charge in [-0.15, -0.1) is 6.58 Å². The molecule has 0 bridgehead atoms. The van der Waals surface area contributed by atoms with E-state index in [1.807, 2.05) is 13.1 Å². The zero-order valence-corrected chi connectivity index (χ0v) is 10.2. The van der Waals surface area contributed by atoms with E-state index in [2.05, 4.69) is 32.9 Å². The summed E-state index contributed by atoms with van der Waals surface area (Å²) in [6.07, 6.45) is 5.21. The Morgan fingerprint density at radius 1 is 1.87 bits per heavy atom. The van der Waals surface area contributed by atoms with Crippen molar-refractivity contribution in [3.63, 3.8) is 0 Å². The van der Waals surface area contributed by atoms with E-state index in [0.29, 0.717) is 13.1 Å². The van der Waals surface area contributed by atoms with Crippen LogP contribution in [0.4, 0.5) is 0 Å². The number of carbonyl (C=O) groups is 1. The Bertz CT molecular complexity index is 348. The normalized spacial score (nSPS) is 12.1. The summed E-state index contributed by atoms with van der Waals surface area (Å²) in [5.74, 6) is -0.0849. The minimum Gasteiger partial charge on any atom is -0.352 e. The van der Waals surface area contributed by atoms with E-state index in [1.54, 1.807) is 17.0 Å². The van der Waals surface area contributed by atoms with Crippen LogP contribution in [0.25, 0.3) is 0 Å². The van der Waals surface area contributed by atoms with Gasteiger partial charge in [0.25, 0.3) is 0 Å². The maximum absolute atomic E-state index is 11.5. The molecule has 1 heterocycles. The van der Waals surface area contributed by atoms with Gasteiger partial charge in [0.2, 0.25) is 5.91 Å². The van der Waals surface area contributed by atoms with Crippen LogP contribution >= 0.6 is 15.9 Å². The van der Waals surface area contributed by atoms with Crippen LogP contribution in [0.1, 0.15) is 6.92 Å². The van der Waals surface area contributed by atoms with Crippen molar-refractivity contribution in [3.05, 3.63) is 29.5 Å². The fourth-order valence-electron chi connectivity index (χ4n) is 1.15. The molecule has 0 saturated heterocycles. The zero-order chi connectivity index (χ0) is 11.3. The standard InChI is InChI=1S/C10H14BrN3O/c1-3-4-12-10(15)8(2)6-14-7-9(11)5-13-14/h3,5,7-8H,1,4,6H2,2H3,(H,12,15)/t8-/m0/s1. The number of rotatable bonds is 5. The van der Waals surface area contributed by atoms with Crippen LogP contribution in [-0.4, -0.2) is 22.2 Å². The Morgan fingerprint density at radius 3 is 3.13 bits per heavy atom. The Balaban J connectivity index is 2.44. The van der Waals surface area contributed by atoms with E-state index in [1.165, 1.54) is 0 Å². The summed E-state index contributed by atoms with van der Waals surface area (Å²) in [6.45, 7) is 6.49. The first-order valence-corrected chi connectivity index (χ1v) is 5.49. The van der Waals surface area contributed by atoms with Crippen molar-refractivity contribution in [3.8, 4) is 0 Å². The molecule has 0 spiro atoms. The summed E-state index contributed by atoms with van der Waals surface area (Å²) in [5.41, 5.74) is 0. The molecule has 0 radical (unpaired) electrons. The molecule has 4 nitrogen and oxygen atoms in total. The minimum atomic E-state index is -0.100. The van der Waals surface area contributed by atoms with Crippen molar-refractivity contribution in [1.82, 2.24) is 15.1 Å². The second-order valence-electron chi connectivity index (χ2n) is 3.32. The van der Waals surface area contributed by atoms with E-state index in [-0.39, 0.29) is 11.8 Å². The first-order chi connectivity index (χ1) is 7.13. The molecule has 1 rings (SSSR count). The van der Waals surface area contributed by atoms with Gasteiger partial charge < -0.3 is 5.32 Å². The number of hydrogen-bond donors (Lipinski definition) is 1. The van der Waals surface area contributed by atoms with Gasteiger partial charge >= 0.3 is 0 Å². The van der Waals surface area contributed by atoms with Gasteiger partial charge in [-0.2, -0.15) is 5.10 Å². The first kappa shape index (κ1) is 12.0. The van der Waals surface area contributed by atoms with Gasteiger partial charge in [0, 0.05) is 12.7 Å². The van der Waals surface area contributed by atoms with Crippen LogP contribution in [0.5, 0.6) is 0 Å². The molecule has 0 aliphatic rings. The summed E-state index contributed by atoms with van der Waals surface area (Å²) in [4.78, 5) is 11.5. The predicted octanol–water partition coefficient (Wildman–Crippen LogP) is 1.58. The maximum atomic E-state index is 11.5. The van der Waals surface area contributed by atoms with Crippen molar-refractivity contribution in [1.29, 1.82) is 0 Å². The number of halogens is 1. The summed E-state index contributed by atoms with van der Waals surface area (Å²) in [6, 6.07) is 0. The largest absolute Gasteiger partial charge is 0.352 e. The molecule has 15 heavy (non-hydrogen) atoms. The van der Waals surface area contributed by atoms with Crippen LogP contribution < -0.4 is 5.32 Å². The van der Waals surface area contributed by atoms with Gasteiger partial charge in [0.15, 0.2) is 0 Å². The van der Waals surface area contributed by atoms with E-state index in [0.717, 1.165) is 4.47 Å². The molecule has 0 unspecified atom stereocenters. The molecule has 1 atom stereocenters. The van der Waals surface area contributed by atoms with Gasteiger partial charge in [0.05, 0.1) is 23.1 Å². The molecule has 0 aromatic carbocycles. The van der Waals surface area contributed by atoms with E-state index in [9.17, 15) is 4.79 Å². The Kier molecular flexibility index (Phi) is 4.55. The van der Waals surface area contributed by atoms with Crippen LogP contribution in [-0.2, 0) is 11.3 Å². The Labute approximate surface area is 97.5 Å². The highest BCUT2D eigenvalue weighted by Crippen LogP contribution is 2.08. The monoisotopic (exact) mass is 271 g/mol. The fraction of sp³-hybridized carbons (Fsp3) is 0.400. The smallest absolute Gasteiger partial charge is 0.224 e. The molecule has 0 fully saturated rings. The number of amides is 1. The summed E-state index contributed by atoms with van der Waals surface area (Å²) < 4.78 is 2.66. The summed E-state index contributed by atoms with van der Waals surface area (Å²) >= 11 is 3.30. The molecule has 1 amide bonds. The lowest BCUT2D eigenvalue weighted by Crippen LogP contribution is -2.31. The average Bonchev–Trinajstić information content (AvgIpc) is 2.60. The highest BCUT2D eigenvalue weighted by molar-refractivity contribution is 9.10. The molecule has 0 aliphatic heterocycles. The number of carbonyl (C=O) groups excluding carboxylic acids is 1. The number of aromatic nitrogens is 2. The molecule has 5 heteroatoms. The van der Waals surface area contributed by atoms with Crippen molar-refractivity contribution in [2.24, 2.45) is 5.92 Å². The first-order valence-electron chi connectivity index (χ1n) is 4.70. The van der Waals surface area contributed by atoms with Gasteiger partial charge in [-0.25, -0.2) is 0 Å². The molecule has 1 N–H and O–H groups in total. The molecule has 82 valence electrons. The second kappa shape index (κ2) is 5.70. The third kappa shape index (κ3) is 3.87. The van der Waals surface area contributed by atoms with Crippen molar-refractivity contribution >= 4 is 21.8 Å². The Hall–Kier alpha value is -1.10. The van der Waals surface area contributed by atoms with Crippen LogP contribution in [0.2, 0.25) is 0 Å². The van der Waals surface area contributed by atoms with Gasteiger partial charge in [0.1, 0.15) is 0 Å². The topological polar surface area (TPSA) is 46.9 Å². The molecular formula is C10H14BrN3O. The molecule has 0 aliphatic carbocycles. The van der Waals surface area contributed by atoms with E-state index in [4.69, 9.17) is 0 Å². The average molecular weight is 272 g/mol. The number of nitrogens with zero attached hydrogens (tertiary/aromatic N) is 2. The summed E-state index contributed by atoms with van der Waals surface area (Å²) in [5, 5.41) is 6.84. The van der Waals surface area contributed by atoms with Gasteiger partial charge in [-0.05, 0) is 15.9 Å². The SMILES string of the molecule is C=CCNC(=O)[C@@H](C)Cn1cc(Br)cn1. The van der Waals surface area contributed by atoms with Crippen LogP contribution in [0, 0.1) is 5.92 Å². The predicted molar refractivity (Wildman–Crippen MR) is 62.3 cm³/mol. The lowest BCUT2D eigenvalue weighted by molar-refractivity contribution is -0.124. The molecular weight excluding hydrogens is 258 g/mol. The molecule has 1 aromatic heterocycles. The van der Waals surface area contributed by atoms with Crippen LogP contribution in [0.15, 0.2) is 29.5 Å². The Morgan fingerprint density at radius 2 is 2.60 bits per heavy atom. The maximum Gasteiger partial charge on any atom is 0.224 e. The number of nitrogens with one attached hydrogen (secondary N) is 1. The van der Waals surface area contributed by atoms with Gasteiger partial charge in [-0.3, -0.25) is 9.48 Å². The van der Waals surface area contributed by atoms with Gasteiger partial charge in [-0.1, -0.05) is 13.0 Å². The van der Waals surface area contributed by atoms with Crippen LogP contribution in [0.3, 0.4) is 0 Å². The number of hydrogen-bond acceptors (Lipinski definition) is 2. The summed E-state index contributed by atoms with van der Waals surface area (Å²) in [7, 11) is 0. The van der Waals surface area contributed by atoms with E-state index < -0.39 is 0 Å². The highest BCUT2D eigenvalue weighted by atomic mass is 79.9. The fourth-order valence-corrected chi connectivity index (χ4v) is 1.48. The molecule has 1 aromatic rings. The third-order valence-electron chi connectivity index (χ3n) is 1.93. The highest BCUT2D eigenvalue weighted by Gasteiger charge is 2.12. The lowest BCUT2D eigenvalue weighted by Gasteiger charge is -2.10. The third-order valence-corrected chi connectivity index (χ3v) is 2.34. The lowest BCUT2D eigenvalue weighted by atomic mass is 10.1. The second-order valence-corrected chi connectivity index (χ2v) is 4.23. The minimum absolute atomic E-state index is 0.0153.